The number of morpholine rings is 1. The number of carbonyl (C=O) groups excluding carboxylic acids is 1. The second-order valence-electron chi connectivity index (χ2n) is 8.66. The summed E-state index contributed by atoms with van der Waals surface area (Å²) in [6.45, 7) is 9.23. The molecule has 4 rings (SSSR count). The molecule has 1 atom stereocenters. The van der Waals surface area contributed by atoms with Crippen LogP contribution in [0.15, 0.2) is 48.5 Å². The van der Waals surface area contributed by atoms with Gasteiger partial charge in [0.1, 0.15) is 0 Å². The van der Waals surface area contributed by atoms with Crippen LogP contribution in [0.3, 0.4) is 0 Å². The van der Waals surface area contributed by atoms with Gasteiger partial charge < -0.3 is 19.9 Å². The van der Waals surface area contributed by atoms with Gasteiger partial charge >= 0.3 is 0 Å². The monoisotopic (exact) mass is 407 g/mol. The Morgan fingerprint density at radius 1 is 1.07 bits per heavy atom. The number of hydrogen-bond acceptors (Lipinski definition) is 4. The molecule has 0 bridgehead atoms. The van der Waals surface area contributed by atoms with Crippen LogP contribution in [0.5, 0.6) is 0 Å². The highest BCUT2D eigenvalue weighted by molar-refractivity contribution is 5.95. The van der Waals surface area contributed by atoms with E-state index in [0.29, 0.717) is 5.92 Å². The van der Waals surface area contributed by atoms with Gasteiger partial charge in [-0.1, -0.05) is 32.0 Å². The van der Waals surface area contributed by atoms with Crippen LogP contribution < -0.4 is 10.2 Å². The Kier molecular flexibility index (Phi) is 6.58. The Labute approximate surface area is 180 Å². The van der Waals surface area contributed by atoms with Crippen molar-refractivity contribution in [2.24, 2.45) is 0 Å². The summed E-state index contributed by atoms with van der Waals surface area (Å²) < 4.78 is 5.45. The fourth-order valence-electron chi connectivity index (χ4n) is 4.32. The minimum absolute atomic E-state index is 0.131. The van der Waals surface area contributed by atoms with E-state index >= 15 is 0 Å². The number of hydrogen-bond donors (Lipinski definition) is 1. The van der Waals surface area contributed by atoms with Crippen molar-refractivity contribution in [3.05, 3.63) is 59.7 Å². The maximum atomic E-state index is 13.2. The zero-order valence-electron chi connectivity index (χ0n) is 18.1. The summed E-state index contributed by atoms with van der Waals surface area (Å²) in [5.74, 6) is 0.668. The summed E-state index contributed by atoms with van der Waals surface area (Å²) in [6.07, 6.45) is 2.11. The molecule has 0 spiro atoms. The predicted molar refractivity (Wildman–Crippen MR) is 123 cm³/mol. The molecule has 2 aliphatic rings. The predicted octanol–water partition coefficient (Wildman–Crippen LogP) is 4.36. The second kappa shape index (κ2) is 9.52. The van der Waals surface area contributed by atoms with Gasteiger partial charge in [0.05, 0.1) is 13.2 Å². The van der Waals surface area contributed by atoms with Gasteiger partial charge in [-0.3, -0.25) is 4.79 Å². The molecule has 0 radical (unpaired) electrons. The molecule has 2 heterocycles. The molecule has 5 heteroatoms. The number of amides is 1. The Hall–Kier alpha value is -2.53. The van der Waals surface area contributed by atoms with Crippen LogP contribution in [0.4, 0.5) is 11.4 Å². The summed E-state index contributed by atoms with van der Waals surface area (Å²) >= 11 is 0. The number of piperidine rings is 1. The second-order valence-corrected chi connectivity index (χ2v) is 8.66. The number of anilines is 2. The average molecular weight is 408 g/mol. The van der Waals surface area contributed by atoms with E-state index in [-0.39, 0.29) is 11.9 Å². The molecule has 2 aromatic carbocycles. The summed E-state index contributed by atoms with van der Waals surface area (Å²) in [6, 6.07) is 17.0. The quantitative estimate of drug-likeness (QED) is 0.800. The summed E-state index contributed by atoms with van der Waals surface area (Å²) in [5.41, 5.74) is 4.37. The zero-order chi connectivity index (χ0) is 20.9. The number of nitrogens with zero attached hydrogens (tertiary/aromatic N) is 2. The molecule has 2 aromatic rings. The first kappa shape index (κ1) is 20.7. The van der Waals surface area contributed by atoms with E-state index < -0.39 is 0 Å². The van der Waals surface area contributed by atoms with Crippen molar-refractivity contribution < 1.29 is 9.53 Å². The molecule has 1 amide bonds. The van der Waals surface area contributed by atoms with Gasteiger partial charge in [-0.25, -0.2) is 0 Å². The Balaban J connectivity index is 1.39. The number of rotatable bonds is 5. The van der Waals surface area contributed by atoms with E-state index in [9.17, 15) is 4.79 Å². The Morgan fingerprint density at radius 2 is 1.83 bits per heavy atom. The largest absolute Gasteiger partial charge is 0.381 e. The first-order valence-corrected chi connectivity index (χ1v) is 11.2. The molecule has 5 nitrogen and oxygen atoms in total. The Bertz CT molecular complexity index is 844. The van der Waals surface area contributed by atoms with Gasteiger partial charge in [-0.15, -0.1) is 0 Å². The van der Waals surface area contributed by atoms with Gasteiger partial charge in [0.25, 0.3) is 5.91 Å². The van der Waals surface area contributed by atoms with Crippen molar-refractivity contribution in [1.29, 1.82) is 0 Å². The van der Waals surface area contributed by atoms with Crippen LogP contribution in [0.2, 0.25) is 0 Å². The fourth-order valence-corrected chi connectivity index (χ4v) is 4.32. The van der Waals surface area contributed by atoms with Crippen molar-refractivity contribution in [1.82, 2.24) is 4.90 Å². The lowest BCUT2D eigenvalue weighted by molar-refractivity contribution is 0.0715. The van der Waals surface area contributed by atoms with Gasteiger partial charge in [-0.2, -0.15) is 0 Å². The third-order valence-electron chi connectivity index (χ3n) is 6.13. The number of carbonyl (C=O) groups is 1. The average Bonchev–Trinajstić information content (AvgIpc) is 2.80. The van der Waals surface area contributed by atoms with E-state index in [0.717, 1.165) is 69.2 Å². The normalized spacial score (nSPS) is 19.8. The molecular formula is C25H33N3O2. The lowest BCUT2D eigenvalue weighted by Gasteiger charge is -2.34. The molecule has 2 fully saturated rings. The lowest BCUT2D eigenvalue weighted by atomic mass is 10.0. The molecular weight excluding hydrogens is 374 g/mol. The third kappa shape index (κ3) is 4.96. The number of benzene rings is 2. The molecule has 0 aromatic heterocycles. The topological polar surface area (TPSA) is 44.8 Å². The van der Waals surface area contributed by atoms with Crippen LogP contribution in [-0.4, -0.2) is 56.2 Å². The van der Waals surface area contributed by atoms with Crippen molar-refractivity contribution >= 4 is 17.3 Å². The fraction of sp³-hybridized carbons (Fsp3) is 0.480. The van der Waals surface area contributed by atoms with Gasteiger partial charge in [0.15, 0.2) is 0 Å². The van der Waals surface area contributed by atoms with E-state index in [1.807, 2.05) is 23.1 Å². The van der Waals surface area contributed by atoms with Crippen molar-refractivity contribution in [3.8, 4) is 0 Å². The van der Waals surface area contributed by atoms with E-state index in [1.165, 1.54) is 5.56 Å². The molecule has 0 saturated carbocycles. The van der Waals surface area contributed by atoms with Crippen LogP contribution in [0, 0.1) is 0 Å². The molecule has 2 aliphatic heterocycles. The highest BCUT2D eigenvalue weighted by Gasteiger charge is 2.25. The van der Waals surface area contributed by atoms with E-state index in [4.69, 9.17) is 4.74 Å². The minimum Gasteiger partial charge on any atom is -0.381 e. The van der Waals surface area contributed by atoms with E-state index in [1.54, 1.807) is 0 Å². The minimum atomic E-state index is 0.131. The van der Waals surface area contributed by atoms with Gasteiger partial charge in [-0.05, 0) is 54.7 Å². The Morgan fingerprint density at radius 3 is 2.57 bits per heavy atom. The van der Waals surface area contributed by atoms with Crippen LogP contribution >= 0.6 is 0 Å². The number of likely N-dealkylation sites (tertiary alicyclic amines) is 1. The highest BCUT2D eigenvalue weighted by atomic mass is 16.5. The smallest absolute Gasteiger partial charge is 0.253 e. The standard InChI is InChI=1S/C25H33N3O2/c1-19(2)20-8-10-22(11-9-20)26-23-6-4-12-28(18-23)25(29)21-5-3-7-24(17-21)27-13-15-30-16-14-27/h3,5,7-11,17,19,23,26H,4,6,12-16,18H2,1-2H3. The van der Waals surface area contributed by atoms with Crippen molar-refractivity contribution in [2.45, 2.75) is 38.6 Å². The summed E-state index contributed by atoms with van der Waals surface area (Å²) in [7, 11) is 0. The van der Waals surface area contributed by atoms with Gasteiger partial charge in [0.2, 0.25) is 0 Å². The number of nitrogens with one attached hydrogen (secondary N) is 1. The van der Waals surface area contributed by atoms with Gasteiger partial charge in [0, 0.05) is 49.2 Å². The van der Waals surface area contributed by atoms with Crippen molar-refractivity contribution in [3.63, 3.8) is 0 Å². The van der Waals surface area contributed by atoms with Crippen LogP contribution in [0.1, 0.15) is 48.5 Å². The molecule has 1 N–H and O–H groups in total. The van der Waals surface area contributed by atoms with Crippen molar-refractivity contribution in [2.75, 3.05) is 49.6 Å². The first-order valence-electron chi connectivity index (χ1n) is 11.2. The number of ether oxygens (including phenoxy) is 1. The van der Waals surface area contributed by atoms with Crippen LogP contribution in [0.25, 0.3) is 0 Å². The SMILES string of the molecule is CC(C)c1ccc(NC2CCCN(C(=O)c3cccc(N4CCOCC4)c3)C2)cc1. The first-order chi connectivity index (χ1) is 14.6. The molecule has 2 saturated heterocycles. The molecule has 160 valence electrons. The summed E-state index contributed by atoms with van der Waals surface area (Å²) in [5, 5.41) is 3.63. The maximum absolute atomic E-state index is 13.2. The van der Waals surface area contributed by atoms with E-state index in [2.05, 4.69) is 54.4 Å². The molecule has 0 aliphatic carbocycles. The van der Waals surface area contributed by atoms with Crippen LogP contribution in [-0.2, 0) is 4.74 Å². The highest BCUT2D eigenvalue weighted by Crippen LogP contribution is 2.23. The lowest BCUT2D eigenvalue weighted by Crippen LogP contribution is -2.45. The third-order valence-corrected chi connectivity index (χ3v) is 6.13. The zero-order valence-corrected chi connectivity index (χ0v) is 18.1. The molecule has 1 unspecified atom stereocenters. The molecule has 30 heavy (non-hydrogen) atoms. The maximum Gasteiger partial charge on any atom is 0.253 e. The summed E-state index contributed by atoms with van der Waals surface area (Å²) in [4.78, 5) is 17.5.